The highest BCUT2D eigenvalue weighted by molar-refractivity contribution is 6.17. The number of fused-ring (bicyclic) bond motifs is 1. The van der Waals surface area contributed by atoms with Gasteiger partial charge in [0.15, 0.2) is 5.82 Å². The monoisotopic (exact) mass is 791 g/mol. The van der Waals surface area contributed by atoms with Crippen molar-refractivity contribution in [1.29, 1.82) is 0 Å². The summed E-state index contributed by atoms with van der Waals surface area (Å²) < 4.78 is 0. The Labute approximate surface area is 363 Å². The number of hydrogen-bond donors (Lipinski definition) is 1. The van der Waals surface area contributed by atoms with Gasteiger partial charge in [0, 0.05) is 39.1 Å². The zero-order chi connectivity index (χ0) is 41.7. The molecule has 0 amide bonds. The Balaban J connectivity index is 1.07. The average molecular weight is 792 g/mol. The number of aromatic nitrogens is 2. The molecule has 1 aliphatic heterocycles. The Bertz CT molecular complexity index is 3100. The summed E-state index contributed by atoms with van der Waals surface area (Å²) in [5, 5.41) is 3.89. The van der Waals surface area contributed by atoms with Crippen LogP contribution in [0.25, 0.3) is 84.8 Å². The van der Waals surface area contributed by atoms with Gasteiger partial charge < -0.3 is 5.32 Å². The van der Waals surface area contributed by atoms with Crippen molar-refractivity contribution >= 4 is 28.6 Å². The topological polar surface area (TPSA) is 37.8 Å². The second-order valence-corrected chi connectivity index (χ2v) is 15.2. The van der Waals surface area contributed by atoms with Crippen molar-refractivity contribution in [3.8, 4) is 56.2 Å². The SMILES string of the molecule is C=C=C(/C(=C1\NC(c2ccccc2)=Cc2cc(-c3cccc(-c4cccc(-c5cc(-c6ccccc6)nc(-c6ccccc6)n5)c4)c3)ccc21)c1ccccc1)c1ccccc1. The molecule has 1 N–H and O–H groups in total. The second kappa shape index (κ2) is 17.1. The van der Waals surface area contributed by atoms with E-state index in [4.69, 9.17) is 9.97 Å². The highest BCUT2D eigenvalue weighted by atomic mass is 14.9. The van der Waals surface area contributed by atoms with Crippen molar-refractivity contribution < 1.29 is 0 Å². The van der Waals surface area contributed by atoms with Crippen LogP contribution in [0.3, 0.4) is 0 Å². The molecule has 0 fully saturated rings. The molecule has 0 bridgehead atoms. The minimum Gasteiger partial charge on any atom is -0.354 e. The number of rotatable bonds is 9. The van der Waals surface area contributed by atoms with Crippen molar-refractivity contribution in [3.05, 3.63) is 265 Å². The first kappa shape index (κ1) is 37.9. The van der Waals surface area contributed by atoms with Gasteiger partial charge in [-0.05, 0) is 74.8 Å². The van der Waals surface area contributed by atoms with Gasteiger partial charge in [-0.3, -0.25) is 0 Å². The van der Waals surface area contributed by atoms with E-state index in [1.807, 2.05) is 42.5 Å². The molecule has 1 aliphatic rings. The summed E-state index contributed by atoms with van der Waals surface area (Å²) in [5.74, 6) is 0.701. The summed E-state index contributed by atoms with van der Waals surface area (Å²) in [7, 11) is 0. The van der Waals surface area contributed by atoms with E-state index in [9.17, 15) is 0 Å². The molecule has 3 heteroatoms. The smallest absolute Gasteiger partial charge is 0.160 e. The van der Waals surface area contributed by atoms with Crippen LogP contribution in [0, 0.1) is 0 Å². The number of nitrogens with zero attached hydrogens (tertiary/aromatic N) is 2. The van der Waals surface area contributed by atoms with E-state index in [-0.39, 0.29) is 0 Å². The molecule has 3 nitrogen and oxygen atoms in total. The van der Waals surface area contributed by atoms with E-state index >= 15 is 0 Å². The first-order chi connectivity index (χ1) is 30.7. The predicted molar refractivity (Wildman–Crippen MR) is 259 cm³/mol. The van der Waals surface area contributed by atoms with Crippen molar-refractivity contribution in [2.75, 3.05) is 0 Å². The molecule has 10 rings (SSSR count). The van der Waals surface area contributed by atoms with Crippen LogP contribution < -0.4 is 5.32 Å². The Morgan fingerprint density at radius 1 is 0.403 bits per heavy atom. The summed E-state index contributed by atoms with van der Waals surface area (Å²) in [6.45, 7) is 4.21. The van der Waals surface area contributed by atoms with Crippen LogP contribution in [0.5, 0.6) is 0 Å². The van der Waals surface area contributed by atoms with E-state index in [0.29, 0.717) is 5.82 Å². The quantitative estimate of drug-likeness (QED) is 0.148. The molecule has 0 spiro atoms. The van der Waals surface area contributed by atoms with Crippen LogP contribution >= 0.6 is 0 Å². The molecule has 62 heavy (non-hydrogen) atoms. The third-order valence-electron chi connectivity index (χ3n) is 11.3. The first-order valence-electron chi connectivity index (χ1n) is 20.8. The summed E-state index contributed by atoms with van der Waals surface area (Å²) in [5.41, 5.74) is 22.1. The fraction of sp³-hybridized carbons (Fsp3) is 0. The van der Waals surface area contributed by atoms with Gasteiger partial charge >= 0.3 is 0 Å². The lowest BCUT2D eigenvalue weighted by Crippen LogP contribution is -2.18. The summed E-state index contributed by atoms with van der Waals surface area (Å²) in [6.07, 6.45) is 2.27. The molecule has 2 heterocycles. The summed E-state index contributed by atoms with van der Waals surface area (Å²) in [4.78, 5) is 10.1. The maximum atomic E-state index is 5.11. The van der Waals surface area contributed by atoms with E-state index < -0.39 is 0 Å². The van der Waals surface area contributed by atoms with Crippen LogP contribution in [0.1, 0.15) is 27.8 Å². The number of allylic oxidation sites excluding steroid dienone is 2. The zero-order valence-corrected chi connectivity index (χ0v) is 34.0. The van der Waals surface area contributed by atoms with E-state index in [1.54, 1.807) is 0 Å². The lowest BCUT2D eigenvalue weighted by molar-refractivity contribution is 1.18. The minimum absolute atomic E-state index is 0.701. The van der Waals surface area contributed by atoms with Gasteiger partial charge in [0.2, 0.25) is 0 Å². The zero-order valence-electron chi connectivity index (χ0n) is 34.0. The predicted octanol–water partition coefficient (Wildman–Crippen LogP) is 14.6. The Morgan fingerprint density at radius 2 is 0.871 bits per heavy atom. The third-order valence-corrected chi connectivity index (χ3v) is 11.3. The molecule has 0 saturated carbocycles. The summed E-state index contributed by atoms with van der Waals surface area (Å²) in [6, 6.07) is 78.3. The number of benzene rings is 8. The molecule has 1 aromatic heterocycles. The number of hydrogen-bond acceptors (Lipinski definition) is 3. The Kier molecular flexibility index (Phi) is 10.4. The maximum Gasteiger partial charge on any atom is 0.160 e. The molecule has 0 radical (unpaired) electrons. The van der Waals surface area contributed by atoms with Gasteiger partial charge in [-0.15, -0.1) is 5.73 Å². The second-order valence-electron chi connectivity index (χ2n) is 15.2. The van der Waals surface area contributed by atoms with E-state index in [1.165, 1.54) is 0 Å². The fourth-order valence-corrected chi connectivity index (χ4v) is 8.22. The maximum absolute atomic E-state index is 5.11. The molecule has 0 unspecified atom stereocenters. The third kappa shape index (κ3) is 7.76. The minimum atomic E-state index is 0.701. The normalized spacial score (nSPS) is 12.6. The Hall–Kier alpha value is -8.36. The lowest BCUT2D eigenvalue weighted by atomic mass is 9.85. The highest BCUT2D eigenvalue weighted by Gasteiger charge is 2.24. The largest absolute Gasteiger partial charge is 0.354 e. The molecular formula is C59H41N3. The fourth-order valence-electron chi connectivity index (χ4n) is 8.22. The van der Waals surface area contributed by atoms with Crippen LogP contribution in [-0.2, 0) is 0 Å². The molecular weight excluding hydrogens is 751 g/mol. The average Bonchev–Trinajstić information content (AvgIpc) is 3.36. The standard InChI is InChI=1S/C59H41N3/c1-2-52(41-20-8-3-9-21-41)57(44-26-14-6-15-27-44)58-53-35-34-49(38-51(53)39-54(60-58)42-22-10-4-11-23-42)47-31-18-30-46(36-47)48-32-19-33-50(37-48)56-40-55(43-24-12-5-13-25-43)61-59(62-56)45-28-16-7-17-29-45/h3-40,60H,1H2/b58-57-. The van der Waals surface area contributed by atoms with Gasteiger partial charge in [0.25, 0.3) is 0 Å². The van der Waals surface area contributed by atoms with Gasteiger partial charge in [-0.1, -0.05) is 207 Å². The first-order valence-corrected chi connectivity index (χ1v) is 20.8. The molecule has 9 aromatic rings. The molecule has 0 aliphatic carbocycles. The Morgan fingerprint density at radius 3 is 1.47 bits per heavy atom. The lowest BCUT2D eigenvalue weighted by Gasteiger charge is -2.27. The van der Waals surface area contributed by atoms with Gasteiger partial charge in [-0.2, -0.15) is 0 Å². The highest BCUT2D eigenvalue weighted by Crippen LogP contribution is 2.42. The van der Waals surface area contributed by atoms with Crippen molar-refractivity contribution in [2.24, 2.45) is 0 Å². The van der Waals surface area contributed by atoms with Crippen LogP contribution in [0.15, 0.2) is 237 Å². The van der Waals surface area contributed by atoms with Gasteiger partial charge in [0.05, 0.1) is 17.1 Å². The van der Waals surface area contributed by atoms with E-state index in [0.717, 1.165) is 101 Å². The van der Waals surface area contributed by atoms with E-state index in [2.05, 4.69) is 206 Å². The molecule has 292 valence electrons. The van der Waals surface area contributed by atoms with Gasteiger partial charge in [0.1, 0.15) is 0 Å². The molecule has 0 saturated heterocycles. The van der Waals surface area contributed by atoms with Crippen LogP contribution in [0.2, 0.25) is 0 Å². The van der Waals surface area contributed by atoms with Gasteiger partial charge in [-0.25, -0.2) is 9.97 Å². The van der Waals surface area contributed by atoms with Crippen LogP contribution in [0.4, 0.5) is 0 Å². The van der Waals surface area contributed by atoms with Crippen molar-refractivity contribution in [1.82, 2.24) is 15.3 Å². The molecule has 0 atom stereocenters. The number of nitrogens with one attached hydrogen (secondary N) is 1. The van der Waals surface area contributed by atoms with Crippen molar-refractivity contribution in [2.45, 2.75) is 0 Å². The summed E-state index contributed by atoms with van der Waals surface area (Å²) >= 11 is 0. The molecule has 8 aromatic carbocycles. The van der Waals surface area contributed by atoms with Crippen molar-refractivity contribution in [3.63, 3.8) is 0 Å². The van der Waals surface area contributed by atoms with Crippen LogP contribution in [-0.4, -0.2) is 9.97 Å².